The minimum atomic E-state index is -0.294. The van der Waals surface area contributed by atoms with E-state index in [1.807, 2.05) is 13.0 Å². The van der Waals surface area contributed by atoms with Crippen LogP contribution >= 0.6 is 0 Å². The summed E-state index contributed by atoms with van der Waals surface area (Å²) >= 11 is 0. The zero-order valence-electron chi connectivity index (χ0n) is 11.8. The SMILES string of the molecule is CCOc1ccc(NC2CCCN(C)CC2)cc1F. The molecule has 2 rings (SSSR count). The van der Waals surface area contributed by atoms with Gasteiger partial charge in [0.1, 0.15) is 0 Å². The first kappa shape index (κ1) is 14.1. The first-order valence-electron chi connectivity index (χ1n) is 7.06. The summed E-state index contributed by atoms with van der Waals surface area (Å²) in [6.45, 7) is 4.58. The first-order chi connectivity index (χ1) is 9.19. The summed E-state index contributed by atoms with van der Waals surface area (Å²) in [5.41, 5.74) is 0.843. The van der Waals surface area contributed by atoms with E-state index in [9.17, 15) is 4.39 Å². The van der Waals surface area contributed by atoms with Gasteiger partial charge in [0.05, 0.1) is 6.61 Å². The summed E-state index contributed by atoms with van der Waals surface area (Å²) < 4.78 is 19.0. The van der Waals surface area contributed by atoms with Gasteiger partial charge >= 0.3 is 0 Å². The molecule has 0 saturated carbocycles. The fourth-order valence-electron chi connectivity index (χ4n) is 2.48. The van der Waals surface area contributed by atoms with Crippen molar-refractivity contribution in [3.05, 3.63) is 24.0 Å². The highest BCUT2D eigenvalue weighted by molar-refractivity contribution is 5.48. The topological polar surface area (TPSA) is 24.5 Å². The molecule has 0 radical (unpaired) electrons. The van der Waals surface area contributed by atoms with Gasteiger partial charge in [0.15, 0.2) is 11.6 Å². The van der Waals surface area contributed by atoms with E-state index in [4.69, 9.17) is 4.74 Å². The highest BCUT2D eigenvalue weighted by atomic mass is 19.1. The van der Waals surface area contributed by atoms with Gasteiger partial charge in [0.25, 0.3) is 0 Å². The van der Waals surface area contributed by atoms with Crippen LogP contribution in [0.2, 0.25) is 0 Å². The number of halogens is 1. The van der Waals surface area contributed by atoms with Crippen molar-refractivity contribution < 1.29 is 9.13 Å². The van der Waals surface area contributed by atoms with Crippen molar-refractivity contribution in [1.82, 2.24) is 4.90 Å². The van der Waals surface area contributed by atoms with Gasteiger partial charge in [-0.05, 0) is 58.5 Å². The molecule has 1 aromatic carbocycles. The van der Waals surface area contributed by atoms with E-state index in [1.165, 1.54) is 12.5 Å². The van der Waals surface area contributed by atoms with E-state index in [2.05, 4.69) is 17.3 Å². The van der Waals surface area contributed by atoms with Crippen LogP contribution in [-0.4, -0.2) is 37.7 Å². The van der Waals surface area contributed by atoms with Gasteiger partial charge < -0.3 is 15.0 Å². The molecule has 1 atom stereocenters. The quantitative estimate of drug-likeness (QED) is 0.906. The Balaban J connectivity index is 1.96. The Hall–Kier alpha value is -1.29. The van der Waals surface area contributed by atoms with Gasteiger partial charge in [-0.15, -0.1) is 0 Å². The third kappa shape index (κ3) is 4.10. The monoisotopic (exact) mass is 266 g/mol. The minimum absolute atomic E-state index is 0.294. The Bertz CT molecular complexity index is 411. The first-order valence-corrected chi connectivity index (χ1v) is 7.06. The average molecular weight is 266 g/mol. The summed E-state index contributed by atoms with van der Waals surface area (Å²) in [5.74, 6) is 0.0336. The van der Waals surface area contributed by atoms with Gasteiger partial charge in [0, 0.05) is 17.8 Å². The maximum atomic E-state index is 13.8. The molecule has 1 fully saturated rings. The maximum absolute atomic E-state index is 13.8. The third-order valence-electron chi connectivity index (χ3n) is 3.55. The van der Waals surface area contributed by atoms with Crippen molar-refractivity contribution in [2.24, 2.45) is 0 Å². The number of rotatable bonds is 4. The molecule has 0 aliphatic carbocycles. The van der Waals surface area contributed by atoms with E-state index < -0.39 is 0 Å². The van der Waals surface area contributed by atoms with Crippen LogP contribution in [0.4, 0.5) is 10.1 Å². The summed E-state index contributed by atoms with van der Waals surface area (Å²) in [7, 11) is 2.15. The van der Waals surface area contributed by atoms with Crippen molar-refractivity contribution >= 4 is 5.69 Å². The molecular weight excluding hydrogens is 243 g/mol. The summed E-state index contributed by atoms with van der Waals surface area (Å²) in [5, 5.41) is 3.43. The standard InChI is InChI=1S/C15H23FN2O/c1-3-19-15-7-6-13(11-14(15)16)17-12-5-4-9-18(2)10-8-12/h6-7,11-12,17H,3-5,8-10H2,1-2H3. The van der Waals surface area contributed by atoms with Crippen LogP contribution in [0.5, 0.6) is 5.75 Å². The van der Waals surface area contributed by atoms with Crippen molar-refractivity contribution in [1.29, 1.82) is 0 Å². The molecule has 106 valence electrons. The molecule has 1 heterocycles. The maximum Gasteiger partial charge on any atom is 0.167 e. The molecule has 3 nitrogen and oxygen atoms in total. The van der Waals surface area contributed by atoms with Crippen LogP contribution < -0.4 is 10.1 Å². The number of hydrogen-bond donors (Lipinski definition) is 1. The van der Waals surface area contributed by atoms with Gasteiger partial charge in [-0.3, -0.25) is 0 Å². The summed E-state index contributed by atoms with van der Waals surface area (Å²) in [6.07, 6.45) is 3.43. The van der Waals surface area contributed by atoms with Gasteiger partial charge in [-0.1, -0.05) is 0 Å². The highest BCUT2D eigenvalue weighted by Gasteiger charge is 2.15. The number of benzene rings is 1. The zero-order valence-corrected chi connectivity index (χ0v) is 11.8. The van der Waals surface area contributed by atoms with E-state index >= 15 is 0 Å². The lowest BCUT2D eigenvalue weighted by Gasteiger charge is -2.18. The van der Waals surface area contributed by atoms with E-state index in [-0.39, 0.29) is 5.82 Å². The largest absolute Gasteiger partial charge is 0.491 e. The Morgan fingerprint density at radius 1 is 1.37 bits per heavy atom. The molecule has 0 amide bonds. The van der Waals surface area contributed by atoms with E-state index in [0.29, 0.717) is 18.4 Å². The van der Waals surface area contributed by atoms with Crippen LogP contribution in [0.3, 0.4) is 0 Å². The minimum Gasteiger partial charge on any atom is -0.491 e. The number of likely N-dealkylation sites (tertiary alicyclic amines) is 1. The van der Waals surface area contributed by atoms with Crippen LogP contribution in [0.25, 0.3) is 0 Å². The fraction of sp³-hybridized carbons (Fsp3) is 0.600. The molecule has 1 aliphatic rings. The number of hydrogen-bond acceptors (Lipinski definition) is 3. The molecule has 19 heavy (non-hydrogen) atoms. The second-order valence-electron chi connectivity index (χ2n) is 5.15. The van der Waals surface area contributed by atoms with Gasteiger partial charge in [-0.25, -0.2) is 4.39 Å². The molecule has 1 unspecified atom stereocenters. The Morgan fingerprint density at radius 3 is 2.95 bits per heavy atom. The lowest BCUT2D eigenvalue weighted by atomic mass is 10.1. The molecule has 1 N–H and O–H groups in total. The van der Waals surface area contributed by atoms with Crippen molar-refractivity contribution in [2.45, 2.75) is 32.2 Å². The molecule has 0 bridgehead atoms. The van der Waals surface area contributed by atoms with Crippen LogP contribution in [-0.2, 0) is 0 Å². The van der Waals surface area contributed by atoms with E-state index in [0.717, 1.165) is 31.6 Å². The normalized spacial score (nSPS) is 20.9. The molecule has 0 aromatic heterocycles. The smallest absolute Gasteiger partial charge is 0.167 e. The molecule has 1 aliphatic heterocycles. The van der Waals surface area contributed by atoms with E-state index in [1.54, 1.807) is 6.07 Å². The molecule has 0 spiro atoms. The molecular formula is C15H23FN2O. The predicted octanol–water partition coefficient (Wildman–Crippen LogP) is 3.12. The lowest BCUT2D eigenvalue weighted by molar-refractivity contribution is 0.321. The Morgan fingerprint density at radius 2 is 2.21 bits per heavy atom. The van der Waals surface area contributed by atoms with Crippen molar-refractivity contribution in [3.63, 3.8) is 0 Å². The fourth-order valence-corrected chi connectivity index (χ4v) is 2.48. The second-order valence-corrected chi connectivity index (χ2v) is 5.15. The number of ether oxygens (including phenoxy) is 1. The Labute approximate surface area is 114 Å². The molecule has 4 heteroatoms. The number of nitrogens with zero attached hydrogens (tertiary/aromatic N) is 1. The van der Waals surface area contributed by atoms with Gasteiger partial charge in [-0.2, -0.15) is 0 Å². The van der Waals surface area contributed by atoms with Crippen LogP contribution in [0.15, 0.2) is 18.2 Å². The summed E-state index contributed by atoms with van der Waals surface area (Å²) in [6, 6.07) is 5.55. The number of anilines is 1. The number of nitrogens with one attached hydrogen (secondary N) is 1. The van der Waals surface area contributed by atoms with Crippen molar-refractivity contribution in [3.8, 4) is 5.75 Å². The Kier molecular flexibility index (Phi) is 5.02. The molecule has 1 aromatic rings. The average Bonchev–Trinajstić information content (AvgIpc) is 2.58. The second kappa shape index (κ2) is 6.75. The lowest BCUT2D eigenvalue weighted by Crippen LogP contribution is -2.23. The zero-order chi connectivity index (χ0) is 13.7. The van der Waals surface area contributed by atoms with Crippen LogP contribution in [0.1, 0.15) is 26.2 Å². The van der Waals surface area contributed by atoms with Crippen LogP contribution in [0, 0.1) is 5.82 Å². The third-order valence-corrected chi connectivity index (χ3v) is 3.55. The molecule has 1 saturated heterocycles. The highest BCUT2D eigenvalue weighted by Crippen LogP contribution is 2.23. The summed E-state index contributed by atoms with van der Waals surface area (Å²) in [4.78, 5) is 2.35. The predicted molar refractivity (Wildman–Crippen MR) is 76.3 cm³/mol. The van der Waals surface area contributed by atoms with Crippen molar-refractivity contribution in [2.75, 3.05) is 32.1 Å². The van der Waals surface area contributed by atoms with Gasteiger partial charge in [0.2, 0.25) is 0 Å².